The number of aliphatic hydroxyl groups excluding tert-OH is 1. The van der Waals surface area contributed by atoms with E-state index in [1.807, 2.05) is 6.92 Å². The molecule has 2 atom stereocenters. The number of hydrogen-bond acceptors (Lipinski definition) is 6. The van der Waals surface area contributed by atoms with Crippen LogP contribution in [0.1, 0.15) is 39.5 Å². The van der Waals surface area contributed by atoms with E-state index >= 15 is 0 Å². The van der Waals surface area contributed by atoms with Crippen molar-refractivity contribution in [3.63, 3.8) is 0 Å². The largest absolute Gasteiger partial charge is 0.390 e. The first-order valence-corrected chi connectivity index (χ1v) is 8.67. The third kappa shape index (κ3) is 3.86. The van der Waals surface area contributed by atoms with Crippen LogP contribution in [0.4, 0.5) is 0 Å². The number of rotatable bonds is 4. The topological polar surface area (TPSA) is 111 Å². The number of aliphatic hydroxyl groups is 1. The summed E-state index contributed by atoms with van der Waals surface area (Å²) in [5.41, 5.74) is 2.51. The maximum atomic E-state index is 12.2. The third-order valence-corrected chi connectivity index (χ3v) is 4.84. The van der Waals surface area contributed by atoms with Crippen LogP contribution in [0.15, 0.2) is 21.6 Å². The number of β-amino-alcohol motifs (C(OH)–C–C–N with tert-alkyl or cyclic N) is 1. The van der Waals surface area contributed by atoms with Crippen LogP contribution in [0.2, 0.25) is 0 Å². The van der Waals surface area contributed by atoms with Crippen LogP contribution in [-0.4, -0.2) is 51.3 Å². The molecule has 140 valence electrons. The van der Waals surface area contributed by atoms with Gasteiger partial charge in [0.05, 0.1) is 12.1 Å². The molecule has 0 bridgehead atoms. The molecule has 2 unspecified atom stereocenters. The highest BCUT2D eigenvalue weighted by molar-refractivity contribution is 5.92. The molecule has 0 radical (unpaired) electrons. The van der Waals surface area contributed by atoms with Crippen LogP contribution in [0, 0.1) is 20.8 Å². The molecule has 8 heteroatoms. The molecule has 3 heterocycles. The Bertz CT molecular complexity index is 857. The van der Waals surface area contributed by atoms with Crippen LogP contribution in [-0.2, 0) is 6.54 Å². The van der Waals surface area contributed by atoms with E-state index in [4.69, 9.17) is 4.52 Å². The lowest BCUT2D eigenvalue weighted by Gasteiger charge is -2.36. The summed E-state index contributed by atoms with van der Waals surface area (Å²) in [6, 6.07) is 1.22. The van der Waals surface area contributed by atoms with Gasteiger partial charge in [0, 0.05) is 48.7 Å². The minimum absolute atomic E-state index is 0.0457. The van der Waals surface area contributed by atoms with Crippen LogP contribution in [0.25, 0.3) is 0 Å². The molecular weight excluding hydrogens is 336 g/mol. The van der Waals surface area contributed by atoms with Crippen molar-refractivity contribution in [1.29, 1.82) is 0 Å². The van der Waals surface area contributed by atoms with Crippen LogP contribution in [0.3, 0.4) is 0 Å². The quantitative estimate of drug-likeness (QED) is 0.738. The van der Waals surface area contributed by atoms with Gasteiger partial charge in [-0.1, -0.05) is 5.16 Å². The molecule has 8 nitrogen and oxygen atoms in total. The van der Waals surface area contributed by atoms with E-state index in [1.165, 1.54) is 0 Å². The second-order valence-electron chi connectivity index (χ2n) is 6.90. The monoisotopic (exact) mass is 360 g/mol. The number of carbonyl (C=O) groups is 1. The number of carbonyl (C=O) groups excluding carboxylic acids is 1. The number of pyridine rings is 1. The number of aryl methyl sites for hydroxylation is 2. The molecule has 1 amide bonds. The molecule has 3 rings (SSSR count). The summed E-state index contributed by atoms with van der Waals surface area (Å²) in [5.74, 6) is 0.214. The Hall–Kier alpha value is -2.45. The van der Waals surface area contributed by atoms with E-state index in [2.05, 4.69) is 20.4 Å². The van der Waals surface area contributed by atoms with E-state index in [0.29, 0.717) is 42.9 Å². The number of aromatic nitrogens is 2. The van der Waals surface area contributed by atoms with Gasteiger partial charge in [-0.25, -0.2) is 0 Å². The molecule has 1 aliphatic rings. The molecule has 2 aromatic rings. The van der Waals surface area contributed by atoms with Gasteiger partial charge < -0.3 is 19.9 Å². The number of aromatic amines is 1. The lowest BCUT2D eigenvalue weighted by Crippen LogP contribution is -2.53. The summed E-state index contributed by atoms with van der Waals surface area (Å²) in [6.07, 6.45) is 1.63. The first-order valence-electron chi connectivity index (χ1n) is 8.67. The SMILES string of the molecule is Cc1cc(C(=O)NC2CCN(Cc3[nH]cc(C)c(=O)c3C)CC2O)no1. The van der Waals surface area contributed by atoms with Gasteiger partial charge in [-0.3, -0.25) is 14.5 Å². The predicted octanol–water partition coefficient (Wildman–Crippen LogP) is 0.653. The Kier molecular flexibility index (Phi) is 5.24. The lowest BCUT2D eigenvalue weighted by molar-refractivity contribution is 0.0342. The van der Waals surface area contributed by atoms with E-state index < -0.39 is 6.10 Å². The van der Waals surface area contributed by atoms with Crippen molar-refractivity contribution in [3.05, 3.63) is 50.8 Å². The minimum Gasteiger partial charge on any atom is -0.390 e. The van der Waals surface area contributed by atoms with E-state index in [-0.39, 0.29) is 23.1 Å². The fourth-order valence-corrected chi connectivity index (χ4v) is 3.21. The molecule has 0 saturated carbocycles. The number of hydrogen-bond donors (Lipinski definition) is 3. The van der Waals surface area contributed by atoms with Gasteiger partial charge in [0.1, 0.15) is 5.76 Å². The van der Waals surface area contributed by atoms with Crippen molar-refractivity contribution in [3.8, 4) is 0 Å². The van der Waals surface area contributed by atoms with Gasteiger partial charge in [0.25, 0.3) is 5.91 Å². The number of H-pyrrole nitrogens is 1. The Labute approximate surface area is 151 Å². The zero-order valence-corrected chi connectivity index (χ0v) is 15.2. The average Bonchev–Trinajstić information content (AvgIpc) is 3.04. The molecule has 1 fully saturated rings. The zero-order valence-electron chi connectivity index (χ0n) is 15.2. The predicted molar refractivity (Wildman–Crippen MR) is 94.9 cm³/mol. The van der Waals surface area contributed by atoms with Crippen LogP contribution in [0.5, 0.6) is 0 Å². The summed E-state index contributed by atoms with van der Waals surface area (Å²) in [7, 11) is 0. The van der Waals surface area contributed by atoms with E-state index in [9.17, 15) is 14.7 Å². The normalized spacial score (nSPS) is 20.9. The summed E-state index contributed by atoms with van der Waals surface area (Å²) < 4.78 is 4.90. The maximum absolute atomic E-state index is 12.2. The molecule has 0 spiro atoms. The van der Waals surface area contributed by atoms with Crippen molar-refractivity contribution in [2.75, 3.05) is 13.1 Å². The number of nitrogens with zero attached hydrogens (tertiary/aromatic N) is 2. The van der Waals surface area contributed by atoms with Crippen LogP contribution >= 0.6 is 0 Å². The molecule has 0 aliphatic carbocycles. The summed E-state index contributed by atoms with van der Waals surface area (Å²) in [6.45, 7) is 6.98. The average molecular weight is 360 g/mol. The summed E-state index contributed by atoms with van der Waals surface area (Å²) >= 11 is 0. The second-order valence-corrected chi connectivity index (χ2v) is 6.90. The standard InChI is InChI=1S/C18H24N4O4/c1-10-7-19-15(12(3)17(10)24)8-22-5-4-13(16(23)9-22)20-18(25)14-6-11(2)26-21-14/h6-7,13,16,23H,4-5,8-9H2,1-3H3,(H,19,24)(H,20,25). The molecule has 3 N–H and O–H groups in total. The number of nitrogens with one attached hydrogen (secondary N) is 2. The molecule has 0 aromatic carbocycles. The Balaban J connectivity index is 1.59. The highest BCUT2D eigenvalue weighted by atomic mass is 16.5. The van der Waals surface area contributed by atoms with Gasteiger partial charge in [-0.2, -0.15) is 0 Å². The molecule has 2 aromatic heterocycles. The Morgan fingerprint density at radius 3 is 2.88 bits per heavy atom. The second kappa shape index (κ2) is 7.43. The van der Waals surface area contributed by atoms with Crippen LogP contribution < -0.4 is 10.7 Å². The van der Waals surface area contributed by atoms with Gasteiger partial charge in [-0.15, -0.1) is 0 Å². The van der Waals surface area contributed by atoms with Gasteiger partial charge >= 0.3 is 0 Å². The van der Waals surface area contributed by atoms with Crippen molar-refractivity contribution in [2.45, 2.75) is 45.9 Å². The fourth-order valence-electron chi connectivity index (χ4n) is 3.21. The maximum Gasteiger partial charge on any atom is 0.273 e. The Morgan fingerprint density at radius 1 is 1.46 bits per heavy atom. The number of amides is 1. The molecular formula is C18H24N4O4. The highest BCUT2D eigenvalue weighted by Gasteiger charge is 2.30. The lowest BCUT2D eigenvalue weighted by atomic mass is 10.0. The van der Waals surface area contributed by atoms with Crippen molar-refractivity contribution < 1.29 is 14.4 Å². The first kappa shape index (κ1) is 18.3. The minimum atomic E-state index is -0.696. The number of likely N-dealkylation sites (tertiary alicyclic amines) is 1. The van der Waals surface area contributed by atoms with Crippen molar-refractivity contribution in [1.82, 2.24) is 20.4 Å². The summed E-state index contributed by atoms with van der Waals surface area (Å²) in [5, 5.41) is 16.9. The first-order chi connectivity index (χ1) is 12.3. The van der Waals surface area contributed by atoms with Crippen molar-refractivity contribution >= 4 is 5.91 Å². The van der Waals surface area contributed by atoms with Crippen molar-refractivity contribution in [2.24, 2.45) is 0 Å². The van der Waals surface area contributed by atoms with Gasteiger partial charge in [0.15, 0.2) is 11.1 Å². The Morgan fingerprint density at radius 2 is 2.23 bits per heavy atom. The number of piperidine rings is 1. The smallest absolute Gasteiger partial charge is 0.273 e. The van der Waals surface area contributed by atoms with Gasteiger partial charge in [0.2, 0.25) is 0 Å². The molecule has 1 saturated heterocycles. The van der Waals surface area contributed by atoms with E-state index in [1.54, 1.807) is 26.1 Å². The van der Waals surface area contributed by atoms with Gasteiger partial charge in [-0.05, 0) is 27.2 Å². The molecule has 1 aliphatic heterocycles. The highest BCUT2D eigenvalue weighted by Crippen LogP contribution is 2.15. The summed E-state index contributed by atoms with van der Waals surface area (Å²) in [4.78, 5) is 29.5. The molecule has 26 heavy (non-hydrogen) atoms. The van der Waals surface area contributed by atoms with E-state index in [0.717, 1.165) is 5.69 Å². The third-order valence-electron chi connectivity index (χ3n) is 4.84. The zero-order chi connectivity index (χ0) is 18.8. The fraction of sp³-hybridized carbons (Fsp3) is 0.500.